The largest absolute Gasteiger partial charge is 0.493 e. The van der Waals surface area contributed by atoms with Crippen molar-refractivity contribution in [2.75, 3.05) is 6.61 Å². The normalized spacial score (nSPS) is 27.5. The molecule has 0 bridgehead atoms. The van der Waals surface area contributed by atoms with E-state index in [0.717, 1.165) is 37.2 Å². The fraction of sp³-hybridized carbons (Fsp3) is 0.529. The zero-order valence-electron chi connectivity index (χ0n) is 12.8. The molecule has 4 rings (SSSR count). The lowest BCUT2D eigenvalue weighted by molar-refractivity contribution is 0.223. The highest BCUT2D eigenvalue weighted by Gasteiger charge is 2.37. The van der Waals surface area contributed by atoms with E-state index in [-0.39, 0.29) is 11.5 Å². The molecule has 1 aliphatic heterocycles. The number of fused-ring (bicyclic) bond motifs is 1. The van der Waals surface area contributed by atoms with Crippen molar-refractivity contribution in [2.45, 2.75) is 50.5 Å². The average Bonchev–Trinajstić information content (AvgIpc) is 3.15. The molecule has 2 aliphatic rings. The van der Waals surface area contributed by atoms with E-state index >= 15 is 0 Å². The lowest BCUT2D eigenvalue weighted by Crippen LogP contribution is -2.44. The summed E-state index contributed by atoms with van der Waals surface area (Å²) in [5, 5.41) is 4.17. The van der Waals surface area contributed by atoms with Crippen molar-refractivity contribution in [1.82, 2.24) is 10.1 Å². The Morgan fingerprint density at radius 3 is 3.09 bits per heavy atom. The highest BCUT2D eigenvalue weighted by atomic mass is 16.5. The van der Waals surface area contributed by atoms with E-state index in [4.69, 9.17) is 15.0 Å². The van der Waals surface area contributed by atoms with Gasteiger partial charge in [0.2, 0.25) is 11.7 Å². The number of nitrogens with zero attached hydrogens (tertiary/aromatic N) is 2. The summed E-state index contributed by atoms with van der Waals surface area (Å²) in [6.45, 7) is 2.84. The molecule has 22 heavy (non-hydrogen) atoms. The van der Waals surface area contributed by atoms with Crippen molar-refractivity contribution < 1.29 is 9.26 Å². The van der Waals surface area contributed by atoms with Crippen LogP contribution < -0.4 is 10.5 Å². The van der Waals surface area contributed by atoms with Crippen LogP contribution >= 0.6 is 0 Å². The van der Waals surface area contributed by atoms with E-state index in [0.29, 0.717) is 11.7 Å². The van der Waals surface area contributed by atoms with Gasteiger partial charge in [0, 0.05) is 17.5 Å². The molecule has 1 aromatic carbocycles. The summed E-state index contributed by atoms with van der Waals surface area (Å²) in [4.78, 5) is 4.63. The van der Waals surface area contributed by atoms with E-state index in [1.165, 1.54) is 18.4 Å². The zero-order chi connectivity index (χ0) is 15.2. The molecule has 5 nitrogen and oxygen atoms in total. The molecular formula is C17H21N3O2. The van der Waals surface area contributed by atoms with E-state index < -0.39 is 0 Å². The monoisotopic (exact) mass is 299 g/mol. The summed E-state index contributed by atoms with van der Waals surface area (Å²) in [5.74, 6) is 2.44. The molecule has 2 aromatic rings. The number of nitrogens with two attached hydrogens (primary N) is 1. The Morgan fingerprint density at radius 1 is 1.32 bits per heavy atom. The average molecular weight is 299 g/mol. The summed E-state index contributed by atoms with van der Waals surface area (Å²) >= 11 is 0. The first kappa shape index (κ1) is 13.8. The topological polar surface area (TPSA) is 74.2 Å². The molecule has 0 saturated heterocycles. The van der Waals surface area contributed by atoms with Gasteiger partial charge < -0.3 is 15.0 Å². The minimum Gasteiger partial charge on any atom is -0.493 e. The first-order valence-electron chi connectivity index (χ1n) is 8.02. The minimum absolute atomic E-state index is 0.153. The van der Waals surface area contributed by atoms with Crippen LogP contribution in [0.15, 0.2) is 22.7 Å². The van der Waals surface area contributed by atoms with Crippen molar-refractivity contribution in [1.29, 1.82) is 0 Å². The Morgan fingerprint density at radius 2 is 2.23 bits per heavy atom. The molecule has 1 saturated carbocycles. The van der Waals surface area contributed by atoms with Crippen molar-refractivity contribution in [3.8, 4) is 17.1 Å². The van der Waals surface area contributed by atoms with Gasteiger partial charge in [-0.15, -0.1) is 0 Å². The smallest absolute Gasteiger partial charge is 0.231 e. The Labute approximate surface area is 129 Å². The van der Waals surface area contributed by atoms with Gasteiger partial charge in [0.05, 0.1) is 12.5 Å². The van der Waals surface area contributed by atoms with Gasteiger partial charge in [0.25, 0.3) is 0 Å². The van der Waals surface area contributed by atoms with E-state index in [2.05, 4.69) is 23.1 Å². The first-order valence-corrected chi connectivity index (χ1v) is 8.02. The van der Waals surface area contributed by atoms with Gasteiger partial charge >= 0.3 is 0 Å². The van der Waals surface area contributed by atoms with Crippen molar-refractivity contribution in [3.63, 3.8) is 0 Å². The van der Waals surface area contributed by atoms with Crippen LogP contribution in [0.5, 0.6) is 5.75 Å². The van der Waals surface area contributed by atoms with Crippen LogP contribution in [-0.4, -0.2) is 22.3 Å². The lowest BCUT2D eigenvalue weighted by Gasteiger charge is -2.35. The second-order valence-electron chi connectivity index (χ2n) is 6.68. The Hall–Kier alpha value is -1.88. The predicted molar refractivity (Wildman–Crippen MR) is 82.7 cm³/mol. The van der Waals surface area contributed by atoms with Crippen molar-refractivity contribution >= 4 is 0 Å². The summed E-state index contributed by atoms with van der Waals surface area (Å²) in [7, 11) is 0. The standard InChI is InChI=1S/C17H21N3O2/c1-17(18)8-3-2-4-13(17)16-19-15(20-22-16)12-5-6-14-11(10-12)7-9-21-14/h5-6,10,13H,2-4,7-9,18H2,1H3. The molecule has 0 spiro atoms. The fourth-order valence-electron chi connectivity index (χ4n) is 3.58. The summed E-state index contributed by atoms with van der Waals surface area (Å²) < 4.78 is 11.1. The van der Waals surface area contributed by atoms with Gasteiger partial charge in [-0.25, -0.2) is 0 Å². The van der Waals surface area contributed by atoms with Crippen LogP contribution in [0.25, 0.3) is 11.4 Å². The quantitative estimate of drug-likeness (QED) is 0.922. The highest BCUT2D eigenvalue weighted by molar-refractivity contribution is 5.59. The maximum Gasteiger partial charge on any atom is 0.231 e. The molecule has 5 heteroatoms. The van der Waals surface area contributed by atoms with Gasteiger partial charge in [-0.2, -0.15) is 4.98 Å². The molecule has 1 aromatic heterocycles. The Bertz CT molecular complexity index is 693. The van der Waals surface area contributed by atoms with E-state index in [1.807, 2.05) is 12.1 Å². The molecule has 116 valence electrons. The molecule has 0 amide bonds. The van der Waals surface area contributed by atoms with Crippen molar-refractivity contribution in [2.24, 2.45) is 5.73 Å². The fourth-order valence-corrected chi connectivity index (χ4v) is 3.58. The molecular weight excluding hydrogens is 278 g/mol. The lowest BCUT2D eigenvalue weighted by atomic mass is 9.74. The first-order chi connectivity index (χ1) is 10.6. The summed E-state index contributed by atoms with van der Waals surface area (Å²) in [6.07, 6.45) is 5.32. The summed E-state index contributed by atoms with van der Waals surface area (Å²) in [5.41, 5.74) is 8.37. The molecule has 2 N–H and O–H groups in total. The SMILES string of the molecule is CC1(N)CCCCC1c1nc(-c2ccc3c(c2)CCO3)no1. The molecule has 2 atom stereocenters. The predicted octanol–water partition coefficient (Wildman–Crippen LogP) is 3.05. The van der Waals surface area contributed by atoms with Crippen LogP contribution in [0.4, 0.5) is 0 Å². The number of hydrogen-bond acceptors (Lipinski definition) is 5. The third kappa shape index (κ3) is 2.29. The van der Waals surface area contributed by atoms with Crippen LogP contribution in [0, 0.1) is 0 Å². The maximum absolute atomic E-state index is 6.43. The second-order valence-corrected chi connectivity index (χ2v) is 6.68. The second kappa shape index (κ2) is 5.09. The highest BCUT2D eigenvalue weighted by Crippen LogP contribution is 2.39. The third-order valence-electron chi connectivity index (χ3n) is 4.94. The molecule has 0 radical (unpaired) electrons. The zero-order valence-corrected chi connectivity index (χ0v) is 12.8. The molecule has 2 unspecified atom stereocenters. The number of rotatable bonds is 2. The Kier molecular flexibility index (Phi) is 3.18. The number of ether oxygens (including phenoxy) is 1. The van der Waals surface area contributed by atoms with Gasteiger partial charge in [-0.05, 0) is 43.5 Å². The van der Waals surface area contributed by atoms with Gasteiger partial charge in [-0.1, -0.05) is 18.0 Å². The Balaban J connectivity index is 1.64. The maximum atomic E-state index is 6.43. The number of hydrogen-bond donors (Lipinski definition) is 1. The third-order valence-corrected chi connectivity index (χ3v) is 4.94. The van der Waals surface area contributed by atoms with Gasteiger partial charge in [0.15, 0.2) is 0 Å². The van der Waals surface area contributed by atoms with E-state index in [1.54, 1.807) is 0 Å². The molecule has 1 fully saturated rings. The van der Waals surface area contributed by atoms with Crippen LogP contribution in [0.1, 0.15) is 50.0 Å². The molecule has 2 heterocycles. The van der Waals surface area contributed by atoms with Gasteiger partial charge in [0.1, 0.15) is 5.75 Å². The minimum atomic E-state index is -0.256. The van der Waals surface area contributed by atoms with Gasteiger partial charge in [-0.3, -0.25) is 0 Å². The summed E-state index contributed by atoms with van der Waals surface area (Å²) in [6, 6.07) is 6.07. The number of aromatic nitrogens is 2. The van der Waals surface area contributed by atoms with E-state index in [9.17, 15) is 0 Å². The van der Waals surface area contributed by atoms with Crippen LogP contribution in [-0.2, 0) is 6.42 Å². The number of benzene rings is 1. The van der Waals surface area contributed by atoms with Crippen LogP contribution in [0.3, 0.4) is 0 Å². The van der Waals surface area contributed by atoms with Crippen molar-refractivity contribution in [3.05, 3.63) is 29.7 Å². The molecule has 1 aliphatic carbocycles. The van der Waals surface area contributed by atoms with Crippen LogP contribution in [0.2, 0.25) is 0 Å².